The van der Waals surface area contributed by atoms with E-state index in [-0.39, 0.29) is 5.91 Å². The van der Waals surface area contributed by atoms with Gasteiger partial charge in [-0.15, -0.1) is 0 Å². The monoisotopic (exact) mass is 384 g/mol. The molecule has 2 rings (SSSR count). The summed E-state index contributed by atoms with van der Waals surface area (Å²) in [6.45, 7) is 0.523. The Morgan fingerprint density at radius 2 is 1.96 bits per heavy atom. The predicted molar refractivity (Wildman–Crippen MR) is 97.6 cm³/mol. The lowest BCUT2D eigenvalue weighted by molar-refractivity contribution is -0.707. The summed E-state index contributed by atoms with van der Waals surface area (Å²) < 4.78 is -1.64. The second kappa shape index (κ2) is 9.04. The molecule has 1 aromatic heterocycles. The number of hydrogen-bond acceptors (Lipinski definition) is 2. The van der Waals surface area contributed by atoms with Crippen LogP contribution in [-0.2, 0) is 11.3 Å². The maximum Gasteiger partial charge on any atom is 0.262 e. The van der Waals surface area contributed by atoms with Crippen LogP contribution in [0, 0.1) is 0 Å². The molecule has 0 fully saturated rings. The highest BCUT2D eigenvalue weighted by Crippen LogP contribution is 2.27. The maximum absolute atomic E-state index is 12.1. The summed E-state index contributed by atoms with van der Waals surface area (Å²) in [6, 6.07) is 13.2. The minimum absolute atomic E-state index is 0.336. The topological polar surface area (TPSA) is 58.6 Å². The molecule has 126 valence electrons. The van der Waals surface area contributed by atoms with E-state index in [2.05, 4.69) is 10.3 Å². The van der Waals surface area contributed by atoms with Crippen molar-refractivity contribution in [3.8, 4) is 0 Å². The van der Waals surface area contributed by atoms with Gasteiger partial charge in [0.05, 0.1) is 0 Å². The molecule has 3 N–H and O–H groups in total. The van der Waals surface area contributed by atoms with Crippen LogP contribution in [0.2, 0.25) is 0 Å². The van der Waals surface area contributed by atoms with Gasteiger partial charge in [0.1, 0.15) is 6.54 Å². The number of carbonyl (C=O) groups excluding carboxylic acids is 1. The Balaban J connectivity index is 1.95. The third-order valence-electron chi connectivity index (χ3n) is 3.19. The zero-order valence-electron chi connectivity index (χ0n) is 12.7. The van der Waals surface area contributed by atoms with Gasteiger partial charge in [0.25, 0.3) is 3.79 Å². The van der Waals surface area contributed by atoms with Gasteiger partial charge in [0.2, 0.25) is 12.1 Å². The van der Waals surface area contributed by atoms with Crippen LogP contribution in [0.3, 0.4) is 0 Å². The van der Waals surface area contributed by atoms with Gasteiger partial charge in [0.15, 0.2) is 0 Å². The van der Waals surface area contributed by atoms with E-state index in [0.717, 1.165) is 11.1 Å². The molecule has 1 heterocycles. The zero-order chi connectivity index (χ0) is 17.4. The number of halogens is 3. The summed E-state index contributed by atoms with van der Waals surface area (Å²) in [4.78, 5) is 16.1. The predicted octanol–water partition coefficient (Wildman–Crippen LogP) is 2.67. The molecule has 0 aliphatic carbocycles. The molecule has 0 saturated heterocycles. The highest BCUT2D eigenvalue weighted by molar-refractivity contribution is 6.68. The quantitative estimate of drug-likeness (QED) is 0.456. The largest absolute Gasteiger partial charge is 0.319 e. The molecule has 0 spiro atoms. The number of nitrogens with one attached hydrogen (secondary N) is 1. The number of aromatic nitrogens is 1. The maximum atomic E-state index is 12.1. The third-order valence-corrected chi connectivity index (χ3v) is 3.89. The van der Waals surface area contributed by atoms with Crippen molar-refractivity contribution in [2.75, 3.05) is 0 Å². The normalized spacial score (nSPS) is 13.0. The number of rotatable bonds is 6. The van der Waals surface area contributed by atoms with E-state index >= 15 is 0 Å². The van der Waals surface area contributed by atoms with Crippen LogP contribution in [-0.4, -0.2) is 20.8 Å². The van der Waals surface area contributed by atoms with Crippen molar-refractivity contribution in [1.82, 2.24) is 10.3 Å². The van der Waals surface area contributed by atoms with E-state index in [1.54, 1.807) is 23.8 Å². The number of amides is 1. The van der Waals surface area contributed by atoms with Gasteiger partial charge in [-0.3, -0.25) is 15.1 Å². The van der Waals surface area contributed by atoms with Gasteiger partial charge in [-0.25, -0.2) is 0 Å². The van der Waals surface area contributed by atoms with Crippen molar-refractivity contribution < 1.29 is 10.1 Å². The molecular formula is C17H17Cl3N3O+. The minimum Gasteiger partial charge on any atom is -0.319 e. The lowest BCUT2D eigenvalue weighted by Gasteiger charge is -2.22. The first-order valence-electron chi connectivity index (χ1n) is 7.28. The standard InChI is InChI=1S/C17H16Cl3N3O/c18-17(19,20)16(22-12-14-7-4-10-21-11-14)23-15(24)9-8-13-5-2-1-3-6-13/h1-11,16,22H,12H2,(H,23,24)/p+1/b9-8+/t16-/m1/s1. The summed E-state index contributed by atoms with van der Waals surface area (Å²) in [7, 11) is 0. The Kier molecular flexibility index (Phi) is 7.06. The van der Waals surface area contributed by atoms with Crippen LogP contribution in [0.5, 0.6) is 0 Å². The van der Waals surface area contributed by atoms with Gasteiger partial charge < -0.3 is 5.32 Å². The highest BCUT2D eigenvalue weighted by atomic mass is 35.6. The van der Waals surface area contributed by atoms with E-state index in [0.29, 0.717) is 6.54 Å². The van der Waals surface area contributed by atoms with Crippen LogP contribution in [0.15, 0.2) is 60.9 Å². The fourth-order valence-corrected chi connectivity index (χ4v) is 2.42. The number of nitrogens with two attached hydrogens (primary N) is 1. The van der Waals surface area contributed by atoms with Crippen molar-refractivity contribution in [2.24, 2.45) is 0 Å². The summed E-state index contributed by atoms with van der Waals surface area (Å²) in [6.07, 6.45) is 5.80. The number of alkyl halides is 3. The van der Waals surface area contributed by atoms with Crippen molar-refractivity contribution >= 4 is 46.8 Å². The van der Waals surface area contributed by atoms with Crippen LogP contribution in [0.1, 0.15) is 11.1 Å². The molecule has 4 nitrogen and oxygen atoms in total. The number of pyridine rings is 1. The average molecular weight is 386 g/mol. The van der Waals surface area contributed by atoms with Gasteiger partial charge in [-0.1, -0.05) is 71.2 Å². The number of carbonyl (C=O) groups is 1. The molecule has 24 heavy (non-hydrogen) atoms. The third kappa shape index (κ3) is 6.49. The summed E-state index contributed by atoms with van der Waals surface area (Å²) in [5, 5.41) is 4.45. The SMILES string of the molecule is O=C(/C=C/c1ccccc1)N[C@@H]([NH2+]Cc1cccnc1)C(Cl)(Cl)Cl. The summed E-state index contributed by atoms with van der Waals surface area (Å²) in [5.41, 5.74) is 1.88. The Morgan fingerprint density at radius 1 is 1.21 bits per heavy atom. The Morgan fingerprint density at radius 3 is 2.58 bits per heavy atom. The molecule has 1 amide bonds. The molecule has 2 aromatic rings. The second-order valence-corrected chi connectivity index (χ2v) is 7.44. The number of benzene rings is 1. The molecule has 0 aliphatic rings. The Bertz CT molecular complexity index is 672. The lowest BCUT2D eigenvalue weighted by atomic mass is 10.2. The fourth-order valence-electron chi connectivity index (χ4n) is 1.98. The van der Waals surface area contributed by atoms with Gasteiger partial charge in [0, 0.05) is 24.0 Å². The van der Waals surface area contributed by atoms with E-state index in [9.17, 15) is 4.79 Å². The molecule has 0 radical (unpaired) electrons. The minimum atomic E-state index is -1.64. The fraction of sp³-hybridized carbons (Fsp3) is 0.176. The first kappa shape index (κ1) is 18.7. The molecule has 0 aliphatic heterocycles. The van der Waals surface area contributed by atoms with E-state index in [1.807, 2.05) is 42.5 Å². The first-order valence-corrected chi connectivity index (χ1v) is 8.41. The van der Waals surface area contributed by atoms with Gasteiger partial charge >= 0.3 is 0 Å². The van der Waals surface area contributed by atoms with E-state index in [1.165, 1.54) is 6.08 Å². The highest BCUT2D eigenvalue weighted by Gasteiger charge is 2.36. The first-order chi connectivity index (χ1) is 11.4. The van der Waals surface area contributed by atoms with Crippen LogP contribution in [0.4, 0.5) is 0 Å². The zero-order valence-corrected chi connectivity index (χ0v) is 15.0. The number of quaternary nitrogens is 1. The Hall–Kier alpha value is -1.59. The molecule has 7 heteroatoms. The average Bonchev–Trinajstić information content (AvgIpc) is 2.57. The van der Waals surface area contributed by atoms with E-state index < -0.39 is 9.96 Å². The van der Waals surface area contributed by atoms with Crippen LogP contribution >= 0.6 is 34.8 Å². The van der Waals surface area contributed by atoms with Crippen molar-refractivity contribution in [1.29, 1.82) is 0 Å². The molecule has 1 atom stereocenters. The van der Waals surface area contributed by atoms with Gasteiger partial charge in [-0.05, 0) is 17.7 Å². The Labute approximate surface area is 155 Å². The van der Waals surface area contributed by atoms with Gasteiger partial charge in [-0.2, -0.15) is 0 Å². The second-order valence-electron chi connectivity index (χ2n) is 5.07. The van der Waals surface area contributed by atoms with E-state index in [4.69, 9.17) is 34.8 Å². The van der Waals surface area contributed by atoms with Crippen LogP contribution in [0.25, 0.3) is 6.08 Å². The van der Waals surface area contributed by atoms with Crippen molar-refractivity contribution in [2.45, 2.75) is 16.5 Å². The molecule has 0 unspecified atom stereocenters. The van der Waals surface area contributed by atoms with Crippen molar-refractivity contribution in [3.05, 3.63) is 72.1 Å². The smallest absolute Gasteiger partial charge is 0.262 e. The lowest BCUT2D eigenvalue weighted by Crippen LogP contribution is -2.95. The molecular weight excluding hydrogens is 369 g/mol. The number of nitrogens with zero attached hydrogens (tertiary/aromatic N) is 1. The molecule has 1 aromatic carbocycles. The van der Waals surface area contributed by atoms with Crippen molar-refractivity contribution in [3.63, 3.8) is 0 Å². The number of hydrogen-bond donors (Lipinski definition) is 2. The van der Waals surface area contributed by atoms with Crippen LogP contribution < -0.4 is 10.6 Å². The summed E-state index contributed by atoms with van der Waals surface area (Å²) in [5.74, 6) is -0.336. The molecule has 0 saturated carbocycles. The summed E-state index contributed by atoms with van der Waals surface area (Å²) >= 11 is 17.9. The molecule has 0 bridgehead atoms.